The van der Waals surface area contributed by atoms with Gasteiger partial charge in [0.05, 0.1) is 24.3 Å². The highest BCUT2D eigenvalue weighted by Crippen LogP contribution is 2.34. The van der Waals surface area contributed by atoms with Gasteiger partial charge in [-0.2, -0.15) is 5.10 Å². The van der Waals surface area contributed by atoms with E-state index in [-0.39, 0.29) is 36.4 Å². The fourth-order valence-corrected chi connectivity index (χ4v) is 4.08. The molecule has 0 saturated carbocycles. The summed E-state index contributed by atoms with van der Waals surface area (Å²) < 4.78 is 20.9. The van der Waals surface area contributed by atoms with Gasteiger partial charge in [0.1, 0.15) is 12.4 Å². The topological polar surface area (TPSA) is 125 Å². The summed E-state index contributed by atoms with van der Waals surface area (Å²) >= 11 is 0. The zero-order valence-electron chi connectivity index (χ0n) is 19.5. The monoisotopic (exact) mass is 477 g/mol. The summed E-state index contributed by atoms with van der Waals surface area (Å²) in [4.78, 5) is 25.9. The van der Waals surface area contributed by atoms with Gasteiger partial charge < -0.3 is 25.0 Å². The van der Waals surface area contributed by atoms with Crippen molar-refractivity contribution < 1.29 is 34.0 Å². The maximum atomic E-state index is 13.5. The summed E-state index contributed by atoms with van der Waals surface area (Å²) in [5, 5.41) is 33.5. The van der Waals surface area contributed by atoms with E-state index in [9.17, 15) is 24.2 Å². The number of ether oxygens (including phenoxy) is 1. The number of rotatable bonds is 10. The molecule has 1 aromatic heterocycles. The Hall–Kier alpha value is -2.98. The van der Waals surface area contributed by atoms with Gasteiger partial charge >= 0.3 is 5.97 Å². The molecule has 2 aromatic rings. The smallest absolute Gasteiger partial charge is 0.305 e. The number of hydrogen-bond acceptors (Lipinski definition) is 6. The minimum Gasteiger partial charge on any atom is -0.481 e. The molecule has 34 heavy (non-hydrogen) atoms. The van der Waals surface area contributed by atoms with E-state index in [0.717, 1.165) is 19.3 Å². The summed E-state index contributed by atoms with van der Waals surface area (Å²) in [5.41, 5.74) is 1.30. The van der Waals surface area contributed by atoms with Gasteiger partial charge in [0.25, 0.3) is 5.91 Å². The van der Waals surface area contributed by atoms with Crippen LogP contribution in [-0.4, -0.2) is 73.8 Å². The van der Waals surface area contributed by atoms with Crippen molar-refractivity contribution in [3.63, 3.8) is 0 Å². The van der Waals surface area contributed by atoms with Crippen LogP contribution >= 0.6 is 0 Å². The molecule has 1 aromatic carbocycles. The maximum Gasteiger partial charge on any atom is 0.305 e. The van der Waals surface area contributed by atoms with Crippen LogP contribution in [0.5, 0.6) is 5.88 Å². The first kappa shape index (κ1) is 25.6. The highest BCUT2D eigenvalue weighted by atomic mass is 19.1. The average molecular weight is 478 g/mol. The molecular weight excluding hydrogens is 445 g/mol. The second-order valence-corrected chi connectivity index (χ2v) is 8.92. The number of carboxylic acids is 1. The Kier molecular flexibility index (Phi) is 8.62. The lowest BCUT2D eigenvalue weighted by Gasteiger charge is -2.26. The second-order valence-electron chi connectivity index (χ2n) is 8.92. The van der Waals surface area contributed by atoms with E-state index >= 15 is 0 Å². The predicted octanol–water partition coefficient (Wildman–Crippen LogP) is 2.73. The minimum atomic E-state index is -1.22. The minimum absolute atomic E-state index is 0.150. The molecule has 0 aliphatic carbocycles. The lowest BCUT2D eigenvalue weighted by atomic mass is 10.0. The molecule has 186 valence electrons. The van der Waals surface area contributed by atoms with E-state index < -0.39 is 30.4 Å². The molecular formula is C24H32FN3O6. The number of amides is 1. The molecule has 2 atom stereocenters. The van der Waals surface area contributed by atoms with Crippen LogP contribution in [0.3, 0.4) is 0 Å². The standard InChI is InChI=1S/C24H32FN3O6/c1-15(2)21-22(23(33)27-10-4-3-5-11-27)26-28(17-8-6-16(25)7-9-17)24(21)34-14-19(30)12-18(29)13-20(31)32/h6-9,15,18-19,29-30H,3-5,10-14H2,1-2H3,(H,31,32)/t18-,19+/m1/s1. The van der Waals surface area contributed by atoms with Crippen LogP contribution in [-0.2, 0) is 4.79 Å². The Bertz CT molecular complexity index is 985. The summed E-state index contributed by atoms with van der Waals surface area (Å²) in [6, 6.07) is 5.58. The van der Waals surface area contributed by atoms with Crippen molar-refractivity contribution in [1.29, 1.82) is 0 Å². The van der Waals surface area contributed by atoms with Gasteiger partial charge in [-0.1, -0.05) is 13.8 Å². The molecule has 9 nitrogen and oxygen atoms in total. The molecule has 0 bridgehead atoms. The zero-order chi connectivity index (χ0) is 24.8. The summed E-state index contributed by atoms with van der Waals surface area (Å²) in [5.74, 6) is -1.70. The third-order valence-corrected chi connectivity index (χ3v) is 5.74. The molecule has 2 heterocycles. The van der Waals surface area contributed by atoms with Crippen LogP contribution in [0, 0.1) is 5.82 Å². The van der Waals surface area contributed by atoms with Gasteiger partial charge in [-0.15, -0.1) is 0 Å². The van der Waals surface area contributed by atoms with Gasteiger partial charge in [-0.25, -0.2) is 9.07 Å². The molecule has 1 aliphatic heterocycles. The Morgan fingerprint density at radius 3 is 2.32 bits per heavy atom. The number of carbonyl (C=O) groups is 2. The normalized spacial score (nSPS) is 15.9. The molecule has 10 heteroatoms. The molecule has 0 spiro atoms. The van der Waals surface area contributed by atoms with Gasteiger partial charge in [0.15, 0.2) is 5.69 Å². The van der Waals surface area contributed by atoms with Gasteiger partial charge in [-0.05, 0) is 49.4 Å². The van der Waals surface area contributed by atoms with E-state index in [2.05, 4.69) is 5.10 Å². The predicted molar refractivity (Wildman–Crippen MR) is 122 cm³/mol. The molecule has 0 unspecified atom stereocenters. The number of nitrogens with zero attached hydrogens (tertiary/aromatic N) is 3. The van der Waals surface area contributed by atoms with Crippen LogP contribution in [0.4, 0.5) is 4.39 Å². The Balaban J connectivity index is 1.94. The van der Waals surface area contributed by atoms with Crippen LogP contribution in [0.25, 0.3) is 5.69 Å². The van der Waals surface area contributed by atoms with Crippen LogP contribution in [0.15, 0.2) is 24.3 Å². The number of halogens is 1. The number of hydrogen-bond donors (Lipinski definition) is 3. The summed E-state index contributed by atoms with van der Waals surface area (Å²) in [6.45, 7) is 4.85. The zero-order valence-corrected chi connectivity index (χ0v) is 19.5. The van der Waals surface area contributed by atoms with Gasteiger partial charge in [0, 0.05) is 25.1 Å². The van der Waals surface area contributed by atoms with Crippen molar-refractivity contribution >= 4 is 11.9 Å². The molecule has 3 N–H and O–H groups in total. The molecule has 3 rings (SSSR count). The third kappa shape index (κ3) is 6.32. The van der Waals surface area contributed by atoms with Crippen LogP contribution < -0.4 is 4.74 Å². The summed E-state index contributed by atoms with van der Waals surface area (Å²) in [6.07, 6.45) is -0.119. The van der Waals surface area contributed by atoms with E-state index in [1.54, 1.807) is 4.90 Å². The largest absolute Gasteiger partial charge is 0.481 e. The van der Waals surface area contributed by atoms with Crippen molar-refractivity contribution in [1.82, 2.24) is 14.7 Å². The quantitative estimate of drug-likeness (QED) is 0.480. The van der Waals surface area contributed by atoms with E-state index in [4.69, 9.17) is 9.84 Å². The van der Waals surface area contributed by atoms with Crippen LogP contribution in [0.1, 0.15) is 67.9 Å². The number of carboxylic acid groups (broad SMARTS) is 1. The number of carbonyl (C=O) groups excluding carboxylic acids is 1. The molecule has 0 radical (unpaired) electrons. The number of piperidine rings is 1. The highest BCUT2D eigenvalue weighted by molar-refractivity contribution is 5.94. The van der Waals surface area contributed by atoms with Gasteiger partial charge in [0.2, 0.25) is 5.88 Å². The van der Waals surface area contributed by atoms with Crippen molar-refractivity contribution in [2.75, 3.05) is 19.7 Å². The molecule has 1 saturated heterocycles. The molecule has 1 fully saturated rings. The van der Waals surface area contributed by atoms with Crippen LogP contribution in [0.2, 0.25) is 0 Å². The summed E-state index contributed by atoms with van der Waals surface area (Å²) in [7, 11) is 0. The first-order valence-electron chi connectivity index (χ1n) is 11.6. The van der Waals surface area contributed by atoms with Crippen molar-refractivity contribution in [3.8, 4) is 11.6 Å². The van der Waals surface area contributed by atoms with Crippen molar-refractivity contribution in [3.05, 3.63) is 41.3 Å². The number of aliphatic hydroxyl groups excluding tert-OH is 2. The lowest BCUT2D eigenvalue weighted by Crippen LogP contribution is -2.36. The number of aromatic nitrogens is 2. The van der Waals surface area contributed by atoms with E-state index in [0.29, 0.717) is 24.3 Å². The Morgan fingerprint density at radius 1 is 1.09 bits per heavy atom. The van der Waals surface area contributed by atoms with E-state index in [1.807, 2.05) is 13.8 Å². The van der Waals surface area contributed by atoms with Crippen molar-refractivity contribution in [2.45, 2.75) is 64.1 Å². The van der Waals surface area contributed by atoms with Crippen molar-refractivity contribution in [2.24, 2.45) is 0 Å². The molecule has 1 aliphatic rings. The Labute approximate surface area is 197 Å². The second kappa shape index (κ2) is 11.4. The first-order chi connectivity index (χ1) is 16.2. The lowest BCUT2D eigenvalue weighted by molar-refractivity contribution is -0.139. The SMILES string of the molecule is CC(C)c1c(C(=O)N2CCCCC2)nn(-c2ccc(F)cc2)c1OC[C@@H](O)C[C@@H](O)CC(=O)O. The fourth-order valence-electron chi connectivity index (χ4n) is 4.08. The number of aliphatic hydroxyl groups is 2. The highest BCUT2D eigenvalue weighted by Gasteiger charge is 2.31. The van der Waals surface area contributed by atoms with Gasteiger partial charge in [-0.3, -0.25) is 9.59 Å². The molecule has 1 amide bonds. The fraction of sp³-hybridized carbons (Fsp3) is 0.542. The third-order valence-electron chi connectivity index (χ3n) is 5.74. The Morgan fingerprint density at radius 2 is 1.74 bits per heavy atom. The number of benzene rings is 1. The average Bonchev–Trinajstić information content (AvgIpc) is 3.17. The number of aliphatic carboxylic acids is 1. The number of likely N-dealkylation sites (tertiary alicyclic amines) is 1. The first-order valence-corrected chi connectivity index (χ1v) is 11.6. The maximum absolute atomic E-state index is 13.5. The van der Waals surface area contributed by atoms with E-state index in [1.165, 1.54) is 28.9 Å².